The first-order valence-corrected chi connectivity index (χ1v) is 9.04. The Morgan fingerprint density at radius 3 is 2.88 bits per heavy atom. The highest BCUT2D eigenvalue weighted by Crippen LogP contribution is 2.21. The molecular weight excluding hydrogens is 304 g/mol. The van der Waals surface area contributed by atoms with Gasteiger partial charge in [0.25, 0.3) is 0 Å². The Bertz CT molecular complexity index is 537. The summed E-state index contributed by atoms with van der Waals surface area (Å²) in [5.41, 5.74) is 1.13. The number of aromatic nitrogens is 2. The lowest BCUT2D eigenvalue weighted by Crippen LogP contribution is -2.49. The van der Waals surface area contributed by atoms with Crippen molar-refractivity contribution >= 4 is 5.96 Å². The van der Waals surface area contributed by atoms with Crippen LogP contribution in [0.25, 0.3) is 0 Å². The van der Waals surface area contributed by atoms with Crippen LogP contribution in [0.15, 0.2) is 17.4 Å². The first-order chi connectivity index (χ1) is 11.8. The number of aliphatic imine (C=N–C) groups is 1. The second kappa shape index (κ2) is 8.48. The first kappa shape index (κ1) is 17.2. The van der Waals surface area contributed by atoms with Crippen LogP contribution in [-0.2, 0) is 11.8 Å². The van der Waals surface area contributed by atoms with Gasteiger partial charge in [0.15, 0.2) is 5.96 Å². The van der Waals surface area contributed by atoms with Crippen molar-refractivity contribution in [3.05, 3.63) is 18.0 Å². The third kappa shape index (κ3) is 4.48. The standard InChI is InChI=1S/C17H30N6O/c1-18-17(19-6-9-22-7-4-3-5-8-22)23-10-11-24-16(14-23)15-12-20-21(2)13-15/h12-13,16H,3-11,14H2,1-2H3,(H,18,19). The molecule has 0 spiro atoms. The van der Waals surface area contributed by atoms with Crippen LogP contribution in [0.4, 0.5) is 0 Å². The molecule has 0 saturated carbocycles. The summed E-state index contributed by atoms with van der Waals surface area (Å²) in [7, 11) is 3.79. The van der Waals surface area contributed by atoms with Gasteiger partial charge in [0.1, 0.15) is 6.10 Å². The summed E-state index contributed by atoms with van der Waals surface area (Å²) in [4.78, 5) is 9.30. The van der Waals surface area contributed by atoms with E-state index in [4.69, 9.17) is 4.74 Å². The molecule has 0 amide bonds. The van der Waals surface area contributed by atoms with Gasteiger partial charge in [-0.1, -0.05) is 6.42 Å². The second-order valence-corrected chi connectivity index (χ2v) is 6.63. The van der Waals surface area contributed by atoms with Crippen molar-refractivity contribution in [2.45, 2.75) is 25.4 Å². The molecule has 2 aliphatic rings. The van der Waals surface area contributed by atoms with Crippen molar-refractivity contribution in [1.29, 1.82) is 0 Å². The van der Waals surface area contributed by atoms with Gasteiger partial charge in [0.05, 0.1) is 19.3 Å². The van der Waals surface area contributed by atoms with Gasteiger partial charge in [-0.3, -0.25) is 9.67 Å². The molecule has 1 N–H and O–H groups in total. The maximum Gasteiger partial charge on any atom is 0.193 e. The number of aryl methyl sites for hydroxylation is 1. The van der Waals surface area contributed by atoms with E-state index in [1.807, 2.05) is 31.2 Å². The fraction of sp³-hybridized carbons (Fsp3) is 0.765. The van der Waals surface area contributed by atoms with Gasteiger partial charge in [-0.25, -0.2) is 0 Å². The summed E-state index contributed by atoms with van der Waals surface area (Å²) in [6.07, 6.45) is 8.04. The Balaban J connectivity index is 1.49. The number of nitrogens with one attached hydrogen (secondary N) is 1. The van der Waals surface area contributed by atoms with Crippen molar-refractivity contribution in [2.75, 3.05) is 52.9 Å². The molecule has 1 aromatic heterocycles. The Morgan fingerprint density at radius 2 is 2.17 bits per heavy atom. The maximum atomic E-state index is 5.92. The minimum absolute atomic E-state index is 0.0631. The van der Waals surface area contributed by atoms with E-state index in [2.05, 4.69) is 25.2 Å². The number of nitrogens with zero attached hydrogens (tertiary/aromatic N) is 5. The minimum Gasteiger partial charge on any atom is -0.370 e. The van der Waals surface area contributed by atoms with E-state index in [0.29, 0.717) is 6.61 Å². The van der Waals surface area contributed by atoms with Gasteiger partial charge in [-0.15, -0.1) is 0 Å². The largest absolute Gasteiger partial charge is 0.370 e. The first-order valence-electron chi connectivity index (χ1n) is 9.04. The molecule has 1 atom stereocenters. The Morgan fingerprint density at radius 1 is 1.33 bits per heavy atom. The Labute approximate surface area is 144 Å². The van der Waals surface area contributed by atoms with Crippen LogP contribution in [0, 0.1) is 0 Å². The molecule has 7 nitrogen and oxygen atoms in total. The monoisotopic (exact) mass is 334 g/mol. The van der Waals surface area contributed by atoms with Gasteiger partial charge in [0.2, 0.25) is 0 Å². The van der Waals surface area contributed by atoms with Crippen molar-refractivity contribution in [2.24, 2.45) is 12.0 Å². The van der Waals surface area contributed by atoms with Gasteiger partial charge >= 0.3 is 0 Å². The number of guanidine groups is 1. The van der Waals surface area contributed by atoms with Crippen LogP contribution in [0.2, 0.25) is 0 Å². The molecule has 2 saturated heterocycles. The minimum atomic E-state index is 0.0631. The lowest BCUT2D eigenvalue weighted by Gasteiger charge is -2.35. The molecule has 0 aliphatic carbocycles. The average molecular weight is 334 g/mol. The summed E-state index contributed by atoms with van der Waals surface area (Å²) in [6, 6.07) is 0. The third-order valence-corrected chi connectivity index (χ3v) is 4.83. The molecule has 24 heavy (non-hydrogen) atoms. The summed E-state index contributed by atoms with van der Waals surface area (Å²) in [5.74, 6) is 0.976. The Kier molecular flexibility index (Phi) is 6.09. The molecule has 3 heterocycles. The quantitative estimate of drug-likeness (QED) is 0.654. The van der Waals surface area contributed by atoms with E-state index < -0.39 is 0 Å². The van der Waals surface area contributed by atoms with Gasteiger partial charge in [0, 0.05) is 45.5 Å². The van der Waals surface area contributed by atoms with Crippen molar-refractivity contribution < 1.29 is 4.74 Å². The topological polar surface area (TPSA) is 57.9 Å². The van der Waals surface area contributed by atoms with Crippen molar-refractivity contribution in [1.82, 2.24) is 24.9 Å². The number of likely N-dealkylation sites (tertiary alicyclic amines) is 1. The average Bonchev–Trinajstić information content (AvgIpc) is 3.06. The van der Waals surface area contributed by atoms with E-state index in [9.17, 15) is 0 Å². The number of piperidine rings is 1. The highest BCUT2D eigenvalue weighted by Gasteiger charge is 2.25. The van der Waals surface area contributed by atoms with Crippen molar-refractivity contribution in [3.63, 3.8) is 0 Å². The molecule has 1 aromatic rings. The number of hydrogen-bond acceptors (Lipinski definition) is 4. The summed E-state index contributed by atoms with van der Waals surface area (Å²) in [6.45, 7) is 6.92. The smallest absolute Gasteiger partial charge is 0.193 e. The summed E-state index contributed by atoms with van der Waals surface area (Å²) < 4.78 is 7.74. The zero-order valence-corrected chi connectivity index (χ0v) is 14.9. The predicted octanol–water partition coefficient (Wildman–Crippen LogP) is 0.855. The highest BCUT2D eigenvalue weighted by atomic mass is 16.5. The second-order valence-electron chi connectivity index (χ2n) is 6.63. The molecule has 2 fully saturated rings. The SMILES string of the molecule is CN=C(NCCN1CCCCC1)N1CCOC(c2cnn(C)c2)C1. The van der Waals surface area contributed by atoms with Gasteiger partial charge < -0.3 is 19.9 Å². The van der Waals surface area contributed by atoms with E-state index in [0.717, 1.165) is 37.7 Å². The normalized spacial score (nSPS) is 23.5. The number of hydrogen-bond donors (Lipinski definition) is 1. The molecule has 0 aromatic carbocycles. The van der Waals surface area contributed by atoms with E-state index in [-0.39, 0.29) is 6.10 Å². The van der Waals surface area contributed by atoms with E-state index in [1.54, 1.807) is 0 Å². The molecule has 134 valence electrons. The molecule has 2 aliphatic heterocycles. The van der Waals surface area contributed by atoms with E-state index >= 15 is 0 Å². The van der Waals surface area contributed by atoms with Crippen LogP contribution in [0.5, 0.6) is 0 Å². The zero-order chi connectivity index (χ0) is 16.8. The molecule has 1 unspecified atom stereocenters. The lowest BCUT2D eigenvalue weighted by atomic mass is 10.1. The predicted molar refractivity (Wildman–Crippen MR) is 95.1 cm³/mol. The number of ether oxygens (including phenoxy) is 1. The molecule has 0 radical (unpaired) electrons. The zero-order valence-electron chi connectivity index (χ0n) is 14.9. The maximum absolute atomic E-state index is 5.92. The lowest BCUT2D eigenvalue weighted by molar-refractivity contribution is -0.00805. The molecular formula is C17H30N6O. The van der Waals surface area contributed by atoms with Crippen molar-refractivity contribution in [3.8, 4) is 0 Å². The molecule has 0 bridgehead atoms. The van der Waals surface area contributed by atoms with Crippen LogP contribution in [0.3, 0.4) is 0 Å². The van der Waals surface area contributed by atoms with Crippen LogP contribution >= 0.6 is 0 Å². The molecule has 7 heteroatoms. The van der Waals surface area contributed by atoms with E-state index in [1.165, 1.54) is 32.4 Å². The summed E-state index contributed by atoms with van der Waals surface area (Å²) in [5, 5.41) is 7.77. The fourth-order valence-electron chi connectivity index (χ4n) is 3.49. The van der Waals surface area contributed by atoms with Crippen LogP contribution in [-0.4, -0.2) is 78.5 Å². The van der Waals surface area contributed by atoms with Gasteiger partial charge in [-0.2, -0.15) is 5.10 Å². The molecule has 3 rings (SSSR count). The third-order valence-electron chi connectivity index (χ3n) is 4.83. The van der Waals surface area contributed by atoms with Gasteiger partial charge in [-0.05, 0) is 25.9 Å². The van der Waals surface area contributed by atoms with Crippen LogP contribution < -0.4 is 5.32 Å². The fourth-order valence-corrected chi connectivity index (χ4v) is 3.49. The van der Waals surface area contributed by atoms with Crippen LogP contribution in [0.1, 0.15) is 30.9 Å². The highest BCUT2D eigenvalue weighted by molar-refractivity contribution is 5.80. The Hall–Kier alpha value is -1.60. The summed E-state index contributed by atoms with van der Waals surface area (Å²) >= 11 is 0. The number of morpholine rings is 1. The number of rotatable bonds is 4.